The molecule has 4 heteroatoms. The number of aliphatic hydroxyl groups is 1. The molecular weight excluding hydrogens is 266 g/mol. The third-order valence-corrected chi connectivity index (χ3v) is 2.68. The van der Waals surface area contributed by atoms with Crippen LogP contribution in [0.2, 0.25) is 0 Å². The third-order valence-electron chi connectivity index (χ3n) is 1.70. The van der Waals surface area contributed by atoms with E-state index in [1.54, 1.807) is 0 Å². The number of hydrogen-bond acceptors (Lipinski definition) is 1. The van der Waals surface area contributed by atoms with Gasteiger partial charge >= 0.3 is 0 Å². The Morgan fingerprint density at radius 3 is 2.00 bits per heavy atom. The van der Waals surface area contributed by atoms with E-state index >= 15 is 0 Å². The molecule has 0 aliphatic heterocycles. The molecule has 0 unspecified atom stereocenters. The summed E-state index contributed by atoms with van der Waals surface area (Å²) in [5.74, 6) is 0. The van der Waals surface area contributed by atoms with Gasteiger partial charge in [0.15, 0.2) is 0 Å². The summed E-state index contributed by atoms with van der Waals surface area (Å²) in [7, 11) is 0. The second kappa shape index (κ2) is 9.98. The summed E-state index contributed by atoms with van der Waals surface area (Å²) in [5, 5.41) is 8.45. The van der Waals surface area contributed by atoms with Crippen molar-refractivity contribution in [3.8, 4) is 0 Å². The number of halogens is 3. The molecule has 0 heterocycles. The Morgan fingerprint density at radius 2 is 1.69 bits per heavy atom. The standard InChI is InChI=1S/C8H5Cl3.C4H10O/c9-7(8(10)11)6-4-2-1-3-5-6;1-2-3-4-5/h1-5H;5H,2-4H2,1H3. The van der Waals surface area contributed by atoms with E-state index in [1.165, 1.54) is 0 Å². The fourth-order valence-corrected chi connectivity index (χ4v) is 1.20. The molecule has 1 N–H and O–H groups in total. The Bertz CT molecular complexity index is 303. The van der Waals surface area contributed by atoms with Gasteiger partial charge in [0.25, 0.3) is 0 Å². The number of benzene rings is 1. The molecular formula is C12H15Cl3O. The van der Waals surface area contributed by atoms with Gasteiger partial charge in [-0.25, -0.2) is 0 Å². The van der Waals surface area contributed by atoms with Crippen LogP contribution in [0.4, 0.5) is 0 Å². The molecule has 90 valence electrons. The highest BCUT2D eigenvalue weighted by Gasteiger charge is 2.00. The molecule has 0 bridgehead atoms. The Balaban J connectivity index is 0.000000385. The summed E-state index contributed by atoms with van der Waals surface area (Å²) >= 11 is 16.7. The van der Waals surface area contributed by atoms with Crippen LogP contribution in [0, 0.1) is 0 Å². The predicted molar refractivity (Wildman–Crippen MR) is 72.9 cm³/mol. The highest BCUT2D eigenvalue weighted by molar-refractivity contribution is 6.66. The zero-order valence-electron chi connectivity index (χ0n) is 9.09. The highest BCUT2D eigenvalue weighted by atomic mass is 35.5. The van der Waals surface area contributed by atoms with E-state index in [0.717, 1.165) is 18.4 Å². The molecule has 0 saturated carbocycles. The van der Waals surface area contributed by atoms with Crippen molar-refractivity contribution in [1.29, 1.82) is 0 Å². The quantitative estimate of drug-likeness (QED) is 0.843. The SMILES string of the molecule is CCCCO.ClC(Cl)=C(Cl)c1ccccc1. The average Bonchev–Trinajstić information content (AvgIpc) is 2.31. The zero-order chi connectivity index (χ0) is 12.4. The van der Waals surface area contributed by atoms with Crippen LogP contribution in [0.25, 0.3) is 5.03 Å². The number of unbranched alkanes of at least 4 members (excludes halogenated alkanes) is 1. The molecule has 0 atom stereocenters. The van der Waals surface area contributed by atoms with Crippen LogP contribution >= 0.6 is 34.8 Å². The van der Waals surface area contributed by atoms with Crippen molar-refractivity contribution in [3.63, 3.8) is 0 Å². The Morgan fingerprint density at radius 1 is 1.12 bits per heavy atom. The van der Waals surface area contributed by atoms with Crippen LogP contribution in [0.5, 0.6) is 0 Å². The third kappa shape index (κ3) is 7.13. The first-order valence-electron chi connectivity index (χ1n) is 5.00. The largest absolute Gasteiger partial charge is 0.396 e. The molecule has 1 aromatic rings. The molecule has 0 radical (unpaired) electrons. The van der Waals surface area contributed by atoms with Crippen molar-refractivity contribution >= 4 is 39.8 Å². The first kappa shape index (κ1) is 15.8. The van der Waals surface area contributed by atoms with Crippen LogP contribution in [-0.4, -0.2) is 11.7 Å². The second-order valence-electron chi connectivity index (χ2n) is 3.02. The van der Waals surface area contributed by atoms with E-state index in [9.17, 15) is 0 Å². The fourth-order valence-electron chi connectivity index (χ4n) is 0.852. The van der Waals surface area contributed by atoms with Crippen molar-refractivity contribution in [2.75, 3.05) is 6.61 Å². The van der Waals surface area contributed by atoms with Crippen LogP contribution in [0.3, 0.4) is 0 Å². The average molecular weight is 282 g/mol. The molecule has 1 nitrogen and oxygen atoms in total. The molecule has 16 heavy (non-hydrogen) atoms. The van der Waals surface area contributed by atoms with Crippen LogP contribution in [0.1, 0.15) is 25.3 Å². The summed E-state index contributed by atoms with van der Waals surface area (Å²) in [6.45, 7) is 2.40. The van der Waals surface area contributed by atoms with Crippen molar-refractivity contribution in [2.24, 2.45) is 0 Å². The van der Waals surface area contributed by atoms with E-state index in [4.69, 9.17) is 39.9 Å². The van der Waals surface area contributed by atoms with Crippen molar-refractivity contribution in [1.82, 2.24) is 0 Å². The molecule has 0 aliphatic rings. The summed E-state index contributed by atoms with van der Waals surface area (Å²) in [6.07, 6.45) is 2.04. The lowest BCUT2D eigenvalue weighted by Crippen LogP contribution is -1.75. The Hall–Kier alpha value is -0.210. The summed E-state index contributed by atoms with van der Waals surface area (Å²) in [5.41, 5.74) is 0.828. The van der Waals surface area contributed by atoms with Gasteiger partial charge in [0.1, 0.15) is 4.49 Å². The number of hydrogen-bond donors (Lipinski definition) is 1. The molecule has 0 spiro atoms. The smallest absolute Gasteiger partial charge is 0.126 e. The maximum atomic E-state index is 8.07. The molecule has 1 rings (SSSR count). The van der Waals surface area contributed by atoms with E-state index in [-0.39, 0.29) is 4.49 Å². The normalized spacial score (nSPS) is 9.06. The van der Waals surface area contributed by atoms with Gasteiger partial charge in [0.2, 0.25) is 0 Å². The van der Waals surface area contributed by atoms with E-state index in [1.807, 2.05) is 30.3 Å². The highest BCUT2D eigenvalue weighted by Crippen LogP contribution is 2.27. The monoisotopic (exact) mass is 280 g/mol. The Kier molecular flexibility index (Phi) is 9.85. The van der Waals surface area contributed by atoms with E-state index < -0.39 is 0 Å². The lowest BCUT2D eigenvalue weighted by molar-refractivity contribution is 0.287. The topological polar surface area (TPSA) is 20.2 Å². The van der Waals surface area contributed by atoms with Gasteiger partial charge in [0.05, 0.1) is 5.03 Å². The van der Waals surface area contributed by atoms with Gasteiger partial charge in [-0.3, -0.25) is 0 Å². The number of aliphatic hydroxyl groups excluding tert-OH is 1. The first-order chi connectivity index (χ1) is 7.63. The minimum absolute atomic E-state index is 0.0952. The molecule has 0 amide bonds. The van der Waals surface area contributed by atoms with Crippen molar-refractivity contribution in [2.45, 2.75) is 19.8 Å². The molecule has 0 aromatic heterocycles. The maximum Gasteiger partial charge on any atom is 0.126 e. The van der Waals surface area contributed by atoms with E-state index in [2.05, 4.69) is 6.92 Å². The van der Waals surface area contributed by atoms with Gasteiger partial charge in [-0.1, -0.05) is 78.5 Å². The van der Waals surface area contributed by atoms with Gasteiger partial charge < -0.3 is 5.11 Å². The predicted octanol–water partition coefficient (Wildman–Crippen LogP) is 4.81. The van der Waals surface area contributed by atoms with Gasteiger partial charge in [-0.2, -0.15) is 0 Å². The molecule has 0 saturated heterocycles. The van der Waals surface area contributed by atoms with Crippen LogP contribution in [0.15, 0.2) is 34.8 Å². The minimum Gasteiger partial charge on any atom is -0.396 e. The summed E-state index contributed by atoms with van der Waals surface area (Å²) in [6, 6.07) is 9.32. The maximum absolute atomic E-state index is 8.07. The number of rotatable bonds is 3. The van der Waals surface area contributed by atoms with Gasteiger partial charge in [-0.15, -0.1) is 0 Å². The first-order valence-corrected chi connectivity index (χ1v) is 6.13. The summed E-state index contributed by atoms with van der Waals surface area (Å²) < 4.78 is 0.0952. The Labute approximate surface area is 112 Å². The van der Waals surface area contributed by atoms with Crippen LogP contribution in [-0.2, 0) is 0 Å². The summed E-state index contributed by atoms with van der Waals surface area (Å²) in [4.78, 5) is 0. The van der Waals surface area contributed by atoms with E-state index in [0.29, 0.717) is 11.6 Å². The molecule has 0 aliphatic carbocycles. The molecule has 0 fully saturated rings. The van der Waals surface area contributed by atoms with Crippen molar-refractivity contribution in [3.05, 3.63) is 40.4 Å². The fraction of sp³-hybridized carbons (Fsp3) is 0.333. The zero-order valence-corrected chi connectivity index (χ0v) is 11.4. The van der Waals surface area contributed by atoms with Crippen LogP contribution < -0.4 is 0 Å². The van der Waals surface area contributed by atoms with Gasteiger partial charge in [0, 0.05) is 6.61 Å². The van der Waals surface area contributed by atoms with Gasteiger partial charge in [-0.05, 0) is 12.0 Å². The lowest BCUT2D eigenvalue weighted by Gasteiger charge is -1.96. The minimum atomic E-state index is 0.0952. The van der Waals surface area contributed by atoms with Crippen molar-refractivity contribution < 1.29 is 5.11 Å². The molecule has 1 aromatic carbocycles. The second-order valence-corrected chi connectivity index (χ2v) is 4.34. The lowest BCUT2D eigenvalue weighted by atomic mass is 10.2.